The van der Waals surface area contributed by atoms with E-state index in [9.17, 15) is 19.2 Å². The highest BCUT2D eigenvalue weighted by Crippen LogP contribution is 2.32. The molecule has 1 aromatic heterocycles. The Morgan fingerprint density at radius 1 is 0.907 bits per heavy atom. The zero-order valence-corrected chi connectivity index (χ0v) is 24.0. The van der Waals surface area contributed by atoms with E-state index in [1.54, 1.807) is 67.8 Å². The number of anilines is 1. The van der Waals surface area contributed by atoms with E-state index in [4.69, 9.17) is 14.2 Å². The summed E-state index contributed by atoms with van der Waals surface area (Å²) >= 11 is 0. The van der Waals surface area contributed by atoms with Gasteiger partial charge in [-0.05, 0) is 60.0 Å². The molecule has 3 aromatic carbocycles. The number of aromatic nitrogens is 2. The van der Waals surface area contributed by atoms with Crippen LogP contribution in [0, 0.1) is 5.92 Å². The van der Waals surface area contributed by atoms with Crippen molar-refractivity contribution in [3.63, 3.8) is 0 Å². The number of Topliss-reactive ketones (excluding diaryl/α,β-unsaturated/α-hetero) is 1. The lowest BCUT2D eigenvalue weighted by Crippen LogP contribution is -2.42. The second kappa shape index (κ2) is 12.2. The zero-order valence-electron chi connectivity index (χ0n) is 24.0. The summed E-state index contributed by atoms with van der Waals surface area (Å²) in [6.45, 7) is -0.289. The van der Waals surface area contributed by atoms with E-state index >= 15 is 0 Å². The Hall–Kier alpha value is -4.86. The van der Waals surface area contributed by atoms with Crippen LogP contribution in [-0.4, -0.2) is 34.7 Å². The molecule has 0 bridgehead atoms. The van der Waals surface area contributed by atoms with E-state index in [-0.39, 0.29) is 36.6 Å². The maximum atomic E-state index is 13.9. The third-order valence-corrected chi connectivity index (χ3v) is 8.20. The van der Waals surface area contributed by atoms with Crippen molar-refractivity contribution in [2.75, 3.05) is 19.2 Å². The highest BCUT2D eigenvalue weighted by Gasteiger charge is 2.22. The molecular formula is C33H33N3O7. The lowest BCUT2D eigenvalue weighted by atomic mass is 9.85. The van der Waals surface area contributed by atoms with E-state index in [0.717, 1.165) is 30.3 Å². The number of carbonyl (C=O) groups is 2. The summed E-state index contributed by atoms with van der Waals surface area (Å²) in [5, 5.41) is 3.04. The van der Waals surface area contributed by atoms with Gasteiger partial charge in [0.25, 0.3) is 5.56 Å². The lowest BCUT2D eigenvalue weighted by molar-refractivity contribution is -0.116. The molecule has 1 fully saturated rings. The molecule has 0 spiro atoms. The Morgan fingerprint density at radius 3 is 2.44 bits per heavy atom. The molecule has 10 heteroatoms. The molecule has 0 saturated heterocycles. The number of rotatable bonds is 9. The van der Waals surface area contributed by atoms with Gasteiger partial charge < -0.3 is 19.5 Å². The highest BCUT2D eigenvalue weighted by molar-refractivity contribution is 5.99. The summed E-state index contributed by atoms with van der Waals surface area (Å²) in [6, 6.07) is 16.8. The predicted molar refractivity (Wildman–Crippen MR) is 161 cm³/mol. The third kappa shape index (κ3) is 6.04. The monoisotopic (exact) mass is 583 g/mol. The quantitative estimate of drug-likeness (QED) is 0.283. The minimum atomic E-state index is -0.656. The van der Waals surface area contributed by atoms with Gasteiger partial charge in [-0.25, -0.2) is 4.79 Å². The number of methoxy groups -OCH3 is 1. The Morgan fingerprint density at radius 2 is 1.67 bits per heavy atom. The summed E-state index contributed by atoms with van der Waals surface area (Å²) in [6.07, 6.45) is 5.93. The molecule has 2 aliphatic rings. The SMILES string of the molecule is COc1ccc(NC(=O)Cn2c(=O)n(Cc3ccc4c(c3)OCO4)c(=O)c3ccc(C(=O)CC4CCCCC4)cc32)cc1. The molecular weight excluding hydrogens is 550 g/mol. The summed E-state index contributed by atoms with van der Waals surface area (Å²) in [4.78, 5) is 54.1. The van der Waals surface area contributed by atoms with Gasteiger partial charge in [-0.15, -0.1) is 0 Å². The second-order valence-corrected chi connectivity index (χ2v) is 11.1. The topological polar surface area (TPSA) is 118 Å². The van der Waals surface area contributed by atoms with Crippen LogP contribution in [-0.2, 0) is 17.9 Å². The van der Waals surface area contributed by atoms with Crippen molar-refractivity contribution in [2.24, 2.45) is 5.92 Å². The molecule has 6 rings (SSSR count). The van der Waals surface area contributed by atoms with Crippen LogP contribution in [0.15, 0.2) is 70.3 Å². The molecule has 1 aliphatic heterocycles. The maximum absolute atomic E-state index is 13.9. The van der Waals surface area contributed by atoms with Crippen molar-refractivity contribution in [3.8, 4) is 17.2 Å². The highest BCUT2D eigenvalue weighted by atomic mass is 16.7. The van der Waals surface area contributed by atoms with Crippen LogP contribution in [0.25, 0.3) is 10.9 Å². The molecule has 1 saturated carbocycles. The van der Waals surface area contributed by atoms with Crippen LogP contribution >= 0.6 is 0 Å². The van der Waals surface area contributed by atoms with Crippen LogP contribution in [0.4, 0.5) is 5.69 Å². The number of ketones is 1. The van der Waals surface area contributed by atoms with Crippen molar-refractivity contribution < 1.29 is 23.8 Å². The lowest BCUT2D eigenvalue weighted by Gasteiger charge is -2.21. The number of carbonyl (C=O) groups excluding carboxylic acids is 2. The number of nitrogens with zero attached hydrogens (tertiary/aromatic N) is 2. The number of nitrogens with one attached hydrogen (secondary N) is 1. The average Bonchev–Trinajstić information content (AvgIpc) is 3.50. The van der Waals surface area contributed by atoms with Crippen molar-refractivity contribution in [3.05, 3.63) is 92.6 Å². The van der Waals surface area contributed by atoms with Crippen molar-refractivity contribution in [2.45, 2.75) is 51.6 Å². The molecule has 0 unspecified atom stereocenters. The van der Waals surface area contributed by atoms with Gasteiger partial charge in [-0.1, -0.05) is 44.2 Å². The summed E-state index contributed by atoms with van der Waals surface area (Å²) in [5.74, 6) is 1.62. The molecule has 1 aliphatic carbocycles. The van der Waals surface area contributed by atoms with Gasteiger partial charge in [0.2, 0.25) is 12.7 Å². The van der Waals surface area contributed by atoms with Gasteiger partial charge in [0, 0.05) is 17.7 Å². The van der Waals surface area contributed by atoms with Gasteiger partial charge in [0.05, 0.1) is 24.6 Å². The standard InChI is InChI=1S/C33H33N3O7/c1-41-25-11-9-24(10-12-25)34-31(38)19-35-27-17-23(28(37)15-21-5-3-2-4-6-21)8-13-26(27)32(39)36(33(35)40)18-22-7-14-29-30(16-22)43-20-42-29/h7-14,16-17,21H,2-6,15,18-20H2,1H3,(H,34,38). The third-order valence-electron chi connectivity index (χ3n) is 8.20. The van der Waals surface area contributed by atoms with Crippen molar-refractivity contribution in [1.82, 2.24) is 9.13 Å². The molecule has 222 valence electrons. The van der Waals surface area contributed by atoms with Crippen LogP contribution in [0.5, 0.6) is 17.2 Å². The molecule has 4 aromatic rings. The summed E-state index contributed by atoms with van der Waals surface area (Å²) in [5.41, 5.74) is 0.704. The van der Waals surface area contributed by atoms with Gasteiger partial charge in [0.1, 0.15) is 12.3 Å². The molecule has 0 radical (unpaired) electrons. The first kappa shape index (κ1) is 28.3. The Bertz CT molecular complexity index is 1800. The first-order valence-electron chi connectivity index (χ1n) is 14.5. The van der Waals surface area contributed by atoms with Crippen LogP contribution in [0.2, 0.25) is 0 Å². The Kier molecular flexibility index (Phi) is 8.00. The van der Waals surface area contributed by atoms with E-state index in [1.165, 1.54) is 11.0 Å². The smallest absolute Gasteiger partial charge is 0.332 e. The first-order valence-corrected chi connectivity index (χ1v) is 14.5. The molecule has 0 atom stereocenters. The zero-order chi connectivity index (χ0) is 29.9. The van der Waals surface area contributed by atoms with E-state index < -0.39 is 17.2 Å². The largest absolute Gasteiger partial charge is 0.497 e. The molecule has 10 nitrogen and oxygen atoms in total. The minimum absolute atomic E-state index is 0.0278. The van der Waals surface area contributed by atoms with Crippen LogP contribution in [0.1, 0.15) is 54.4 Å². The average molecular weight is 584 g/mol. The van der Waals surface area contributed by atoms with Gasteiger partial charge in [-0.2, -0.15) is 0 Å². The fourth-order valence-corrected chi connectivity index (χ4v) is 5.89. The molecule has 1 amide bonds. The van der Waals surface area contributed by atoms with Gasteiger partial charge >= 0.3 is 5.69 Å². The molecule has 2 heterocycles. The van der Waals surface area contributed by atoms with E-state index in [0.29, 0.717) is 46.4 Å². The number of hydrogen-bond acceptors (Lipinski definition) is 7. The van der Waals surface area contributed by atoms with Crippen molar-refractivity contribution in [1.29, 1.82) is 0 Å². The van der Waals surface area contributed by atoms with Crippen molar-refractivity contribution >= 4 is 28.3 Å². The molecule has 1 N–H and O–H groups in total. The van der Waals surface area contributed by atoms with E-state index in [2.05, 4.69) is 5.32 Å². The van der Waals surface area contributed by atoms with E-state index in [1.807, 2.05) is 0 Å². The fraction of sp³-hybridized carbons (Fsp3) is 0.333. The fourth-order valence-electron chi connectivity index (χ4n) is 5.89. The van der Waals surface area contributed by atoms with Crippen LogP contribution in [0.3, 0.4) is 0 Å². The summed E-state index contributed by atoms with van der Waals surface area (Å²) < 4.78 is 18.4. The summed E-state index contributed by atoms with van der Waals surface area (Å²) in [7, 11) is 1.55. The Balaban J connectivity index is 1.37. The second-order valence-electron chi connectivity index (χ2n) is 11.1. The van der Waals surface area contributed by atoms with Crippen LogP contribution < -0.4 is 30.8 Å². The Labute approximate surface area is 247 Å². The normalized spacial score (nSPS) is 14.5. The maximum Gasteiger partial charge on any atom is 0.332 e. The first-order chi connectivity index (χ1) is 20.9. The molecule has 43 heavy (non-hydrogen) atoms. The predicted octanol–water partition coefficient (Wildman–Crippen LogP) is 4.74. The number of hydrogen-bond donors (Lipinski definition) is 1. The number of fused-ring (bicyclic) bond motifs is 2. The van der Waals surface area contributed by atoms with Gasteiger partial charge in [0.15, 0.2) is 17.3 Å². The number of ether oxygens (including phenoxy) is 3. The van der Waals surface area contributed by atoms with Gasteiger partial charge in [-0.3, -0.25) is 23.5 Å². The minimum Gasteiger partial charge on any atom is -0.497 e. The number of benzene rings is 3. The number of amides is 1.